The molecule has 174 valence electrons. The van der Waals surface area contributed by atoms with E-state index in [1.165, 1.54) is 30.4 Å². The summed E-state index contributed by atoms with van der Waals surface area (Å²) in [6.07, 6.45) is 6.94. The molecule has 0 saturated heterocycles. The molecule has 10 nitrogen and oxygen atoms in total. The summed E-state index contributed by atoms with van der Waals surface area (Å²) in [5, 5.41) is 28.8. The number of rotatable bonds is 7. The Labute approximate surface area is 199 Å². The minimum absolute atomic E-state index is 0.119. The molecule has 2 amide bonds. The van der Waals surface area contributed by atoms with Crippen molar-refractivity contribution in [1.82, 2.24) is 0 Å². The van der Waals surface area contributed by atoms with Crippen molar-refractivity contribution in [2.45, 2.75) is 0 Å². The fourth-order valence-electron chi connectivity index (χ4n) is 3.43. The van der Waals surface area contributed by atoms with Gasteiger partial charge in [-0.2, -0.15) is 20.2 Å². The van der Waals surface area contributed by atoms with Crippen LogP contribution < -0.4 is 10.0 Å². The molecule has 1 atom stereocenters. The average molecular weight is 470 g/mol. The van der Waals surface area contributed by atoms with E-state index in [1.54, 1.807) is 60.7 Å². The Balaban J connectivity index is 1.52. The zero-order valence-corrected chi connectivity index (χ0v) is 18.1. The molecule has 4 rings (SSSR count). The fraction of sp³-hybridized carbons (Fsp3) is 0.0400. The van der Waals surface area contributed by atoms with E-state index in [0.717, 1.165) is 10.0 Å². The molecule has 0 aromatic heterocycles. The third-order valence-electron chi connectivity index (χ3n) is 5.07. The highest BCUT2D eigenvalue weighted by atomic mass is 16.4. The molecule has 0 radical (unpaired) electrons. The molecule has 2 heterocycles. The molecular formula is C25H18N4O6. The molecule has 2 N–H and O–H groups in total. The van der Waals surface area contributed by atoms with Gasteiger partial charge >= 0.3 is 11.9 Å². The van der Waals surface area contributed by atoms with Gasteiger partial charge in [0, 0.05) is 0 Å². The van der Waals surface area contributed by atoms with Gasteiger partial charge in [0.15, 0.2) is 11.4 Å². The van der Waals surface area contributed by atoms with Gasteiger partial charge in [0.05, 0.1) is 16.9 Å². The van der Waals surface area contributed by atoms with Crippen molar-refractivity contribution in [2.75, 3.05) is 10.0 Å². The zero-order chi connectivity index (χ0) is 24.9. The second-order valence-corrected chi connectivity index (χ2v) is 7.31. The standard InChI is InChI=1S/C25H18N4O6/c30-22-18(20(24(32)33)26-28(22)16-10-4-1-5-11-16)14-8-3-9-15-19-21(25(34)35)27-29(23(19)31)17-12-6-2-7-13-17/h1-15,18H,(H,32,33)(H,34,35)/b9-3+,14-8+,19-15-. The van der Waals surface area contributed by atoms with E-state index < -0.39 is 35.4 Å². The number of carbonyl (C=O) groups is 4. The predicted octanol–water partition coefficient (Wildman–Crippen LogP) is 2.62. The van der Waals surface area contributed by atoms with Crippen molar-refractivity contribution in [3.05, 3.63) is 96.6 Å². The summed E-state index contributed by atoms with van der Waals surface area (Å²) in [6, 6.07) is 16.8. The van der Waals surface area contributed by atoms with E-state index in [9.17, 15) is 29.4 Å². The van der Waals surface area contributed by atoms with Crippen molar-refractivity contribution in [2.24, 2.45) is 16.1 Å². The van der Waals surface area contributed by atoms with Crippen LogP contribution in [0.3, 0.4) is 0 Å². The molecule has 0 saturated carbocycles. The summed E-state index contributed by atoms with van der Waals surface area (Å²) in [4.78, 5) is 48.7. The number of carboxylic acids is 2. The van der Waals surface area contributed by atoms with E-state index >= 15 is 0 Å². The molecule has 0 aliphatic carbocycles. The smallest absolute Gasteiger partial charge is 0.357 e. The Morgan fingerprint density at radius 3 is 1.94 bits per heavy atom. The quantitative estimate of drug-likeness (QED) is 0.471. The topological polar surface area (TPSA) is 140 Å². The molecular weight excluding hydrogens is 452 g/mol. The third kappa shape index (κ3) is 4.67. The first-order valence-corrected chi connectivity index (χ1v) is 10.4. The number of allylic oxidation sites excluding steroid dienone is 4. The summed E-state index contributed by atoms with van der Waals surface area (Å²) >= 11 is 0. The summed E-state index contributed by atoms with van der Waals surface area (Å²) < 4.78 is 0. The van der Waals surface area contributed by atoms with Crippen LogP contribution in [0.15, 0.2) is 107 Å². The number of nitrogens with zero attached hydrogens (tertiary/aromatic N) is 4. The van der Waals surface area contributed by atoms with Crippen molar-refractivity contribution < 1.29 is 29.4 Å². The van der Waals surface area contributed by atoms with Crippen molar-refractivity contribution in [3.63, 3.8) is 0 Å². The van der Waals surface area contributed by atoms with Crippen LogP contribution in [0.4, 0.5) is 11.4 Å². The molecule has 2 aromatic carbocycles. The Bertz CT molecular complexity index is 1340. The van der Waals surface area contributed by atoms with E-state index in [4.69, 9.17) is 0 Å². The number of aliphatic carboxylic acids is 2. The normalized spacial score (nSPS) is 19.2. The number of hydrazone groups is 2. The maximum absolute atomic E-state index is 12.8. The van der Waals surface area contributed by atoms with Crippen LogP contribution in [-0.2, 0) is 19.2 Å². The highest BCUT2D eigenvalue weighted by Crippen LogP contribution is 2.25. The van der Waals surface area contributed by atoms with Gasteiger partial charge in [0.25, 0.3) is 11.8 Å². The van der Waals surface area contributed by atoms with Gasteiger partial charge in [-0.25, -0.2) is 9.59 Å². The second kappa shape index (κ2) is 9.79. The Kier molecular flexibility index (Phi) is 6.45. The Morgan fingerprint density at radius 2 is 1.37 bits per heavy atom. The molecule has 10 heteroatoms. The van der Waals surface area contributed by atoms with E-state index in [-0.39, 0.29) is 11.3 Å². The zero-order valence-electron chi connectivity index (χ0n) is 18.1. The molecule has 2 aromatic rings. The molecule has 0 bridgehead atoms. The maximum Gasteiger partial charge on any atom is 0.357 e. The highest BCUT2D eigenvalue weighted by Gasteiger charge is 2.38. The molecule has 2 aliphatic rings. The van der Waals surface area contributed by atoms with Gasteiger partial charge in [0.2, 0.25) is 0 Å². The van der Waals surface area contributed by atoms with Crippen molar-refractivity contribution in [1.29, 1.82) is 0 Å². The molecule has 2 aliphatic heterocycles. The molecule has 0 fully saturated rings. The first-order chi connectivity index (χ1) is 16.9. The number of anilines is 2. The van der Waals surface area contributed by atoms with E-state index in [2.05, 4.69) is 10.2 Å². The maximum atomic E-state index is 12.8. The van der Waals surface area contributed by atoms with Gasteiger partial charge in [-0.3, -0.25) is 9.59 Å². The monoisotopic (exact) mass is 470 g/mol. The van der Waals surface area contributed by atoms with Crippen LogP contribution in [0.5, 0.6) is 0 Å². The van der Waals surface area contributed by atoms with Crippen LogP contribution in [-0.4, -0.2) is 45.4 Å². The number of benzene rings is 2. The van der Waals surface area contributed by atoms with Gasteiger partial charge in [0.1, 0.15) is 5.92 Å². The minimum Gasteiger partial charge on any atom is -0.477 e. The summed E-state index contributed by atoms with van der Waals surface area (Å²) in [5.41, 5.74) is 0.0113. The van der Waals surface area contributed by atoms with Crippen LogP contribution in [0, 0.1) is 5.92 Å². The largest absolute Gasteiger partial charge is 0.477 e. The van der Waals surface area contributed by atoms with Gasteiger partial charge in [-0.05, 0) is 30.3 Å². The summed E-state index contributed by atoms with van der Waals surface area (Å²) in [5.74, 6) is -4.92. The lowest BCUT2D eigenvalue weighted by molar-refractivity contribution is -0.130. The number of carbonyl (C=O) groups excluding carboxylic acids is 2. The number of hydrogen-bond acceptors (Lipinski definition) is 6. The lowest BCUT2D eigenvalue weighted by Gasteiger charge is -2.12. The van der Waals surface area contributed by atoms with E-state index in [0.29, 0.717) is 11.4 Å². The van der Waals surface area contributed by atoms with Crippen molar-refractivity contribution >= 4 is 46.6 Å². The lowest BCUT2D eigenvalue weighted by atomic mass is 10.0. The summed E-state index contributed by atoms with van der Waals surface area (Å²) in [7, 11) is 0. The number of para-hydroxylation sites is 2. The van der Waals surface area contributed by atoms with Crippen LogP contribution in [0.2, 0.25) is 0 Å². The van der Waals surface area contributed by atoms with Gasteiger partial charge in [-0.15, -0.1) is 0 Å². The molecule has 0 spiro atoms. The van der Waals surface area contributed by atoms with Crippen molar-refractivity contribution in [3.8, 4) is 0 Å². The van der Waals surface area contributed by atoms with E-state index in [1.807, 2.05) is 0 Å². The van der Waals surface area contributed by atoms with Crippen LogP contribution in [0.1, 0.15) is 0 Å². The number of carboxylic acid groups (broad SMARTS) is 2. The van der Waals surface area contributed by atoms with Crippen LogP contribution in [0.25, 0.3) is 0 Å². The lowest BCUT2D eigenvalue weighted by Crippen LogP contribution is -2.28. The minimum atomic E-state index is -1.35. The first kappa shape index (κ1) is 23.1. The van der Waals surface area contributed by atoms with Crippen LogP contribution >= 0.6 is 0 Å². The fourth-order valence-corrected chi connectivity index (χ4v) is 3.43. The SMILES string of the molecule is O=C(O)C1=NN(c2ccccc2)C(=O)\C1=C/C=C/C=C/C1C(=O)N(c2ccccc2)N=C1C(=O)O. The average Bonchev–Trinajstić information content (AvgIpc) is 3.37. The number of hydrogen-bond donors (Lipinski definition) is 2. The molecule has 35 heavy (non-hydrogen) atoms. The molecule has 1 unspecified atom stereocenters. The number of amides is 2. The summed E-state index contributed by atoms with van der Waals surface area (Å²) in [6.45, 7) is 0. The Hall–Kier alpha value is -5.12. The van der Waals surface area contributed by atoms with Gasteiger partial charge in [-0.1, -0.05) is 60.7 Å². The second-order valence-electron chi connectivity index (χ2n) is 7.31. The Morgan fingerprint density at radius 1 is 0.771 bits per heavy atom. The highest BCUT2D eigenvalue weighted by molar-refractivity contribution is 6.52. The first-order valence-electron chi connectivity index (χ1n) is 10.4. The predicted molar refractivity (Wildman–Crippen MR) is 128 cm³/mol. The van der Waals surface area contributed by atoms with Gasteiger partial charge < -0.3 is 10.2 Å². The third-order valence-corrected chi connectivity index (χ3v) is 5.07.